The Hall–Kier alpha value is -2.42. The molecule has 0 bridgehead atoms. The van der Waals surface area contributed by atoms with E-state index >= 15 is 0 Å². The monoisotopic (exact) mass is 326 g/mol. The molecular weight excluding hydrogens is 320 g/mol. The maximum Gasteiger partial charge on any atom is 0.357 e. The number of hydrogen-bond acceptors (Lipinski definition) is 5. The van der Waals surface area contributed by atoms with E-state index in [1.807, 2.05) is 0 Å². The fourth-order valence-corrected chi connectivity index (χ4v) is 1.85. The molecular formula is C10H7BrN4O4. The van der Waals surface area contributed by atoms with Gasteiger partial charge in [0.1, 0.15) is 10.2 Å². The Balaban J connectivity index is 2.26. The fourth-order valence-electron chi connectivity index (χ4n) is 1.35. The van der Waals surface area contributed by atoms with Gasteiger partial charge in [0.25, 0.3) is 5.91 Å². The largest absolute Gasteiger partial charge is 0.506 e. The van der Waals surface area contributed by atoms with Crippen molar-refractivity contribution in [2.24, 2.45) is 0 Å². The lowest BCUT2D eigenvalue weighted by Gasteiger charge is -2.04. The van der Waals surface area contributed by atoms with Gasteiger partial charge in [-0.15, -0.1) is 5.10 Å². The van der Waals surface area contributed by atoms with Crippen molar-refractivity contribution in [2.75, 3.05) is 5.32 Å². The first-order chi connectivity index (χ1) is 9.00. The van der Waals surface area contributed by atoms with Gasteiger partial charge in [0, 0.05) is 0 Å². The van der Waals surface area contributed by atoms with Crippen LogP contribution in [-0.4, -0.2) is 26.1 Å². The average Bonchev–Trinajstić information content (AvgIpc) is 2.74. The van der Waals surface area contributed by atoms with E-state index in [-0.39, 0.29) is 21.6 Å². The molecule has 19 heavy (non-hydrogen) atoms. The third kappa shape index (κ3) is 2.55. The zero-order valence-electron chi connectivity index (χ0n) is 9.25. The number of anilines is 1. The lowest BCUT2D eigenvalue weighted by Crippen LogP contribution is -2.13. The second-order valence-corrected chi connectivity index (χ2v) is 4.26. The van der Waals surface area contributed by atoms with Crippen molar-refractivity contribution in [3.05, 3.63) is 44.5 Å². The number of para-hydroxylation sites is 2. The van der Waals surface area contributed by atoms with Gasteiger partial charge in [-0.2, -0.15) is 0 Å². The minimum absolute atomic E-state index is 0.0505. The number of nitrogens with one attached hydrogen (secondary N) is 2. The number of phenols is 1. The van der Waals surface area contributed by atoms with E-state index in [1.165, 1.54) is 12.1 Å². The topological polar surface area (TPSA) is 121 Å². The predicted octanol–water partition coefficient (Wildman–Crippen LogP) is 2.04. The van der Waals surface area contributed by atoms with Crippen molar-refractivity contribution in [3.63, 3.8) is 0 Å². The van der Waals surface area contributed by atoms with Crippen LogP contribution in [0, 0.1) is 10.1 Å². The summed E-state index contributed by atoms with van der Waals surface area (Å²) in [5.41, 5.74) is 0.0139. The highest BCUT2D eigenvalue weighted by Gasteiger charge is 2.25. The Morgan fingerprint density at radius 1 is 1.47 bits per heavy atom. The summed E-state index contributed by atoms with van der Waals surface area (Å²) >= 11 is 2.93. The number of aromatic nitrogens is 2. The molecule has 9 heteroatoms. The molecule has 0 radical (unpaired) electrons. The number of halogens is 1. The van der Waals surface area contributed by atoms with Crippen molar-refractivity contribution in [2.45, 2.75) is 0 Å². The molecule has 0 unspecified atom stereocenters. The summed E-state index contributed by atoms with van der Waals surface area (Å²) in [5, 5.41) is 28.2. The maximum atomic E-state index is 11.9. The first-order valence-electron chi connectivity index (χ1n) is 4.98. The van der Waals surface area contributed by atoms with Crippen LogP contribution in [0.3, 0.4) is 0 Å². The van der Waals surface area contributed by atoms with Crippen molar-refractivity contribution in [1.82, 2.24) is 10.2 Å². The summed E-state index contributed by atoms with van der Waals surface area (Å²) in [6.07, 6.45) is 0. The Kier molecular flexibility index (Phi) is 3.47. The molecule has 0 saturated carbocycles. The average molecular weight is 327 g/mol. The lowest BCUT2D eigenvalue weighted by molar-refractivity contribution is -0.390. The minimum Gasteiger partial charge on any atom is -0.506 e. The van der Waals surface area contributed by atoms with Crippen LogP contribution in [-0.2, 0) is 0 Å². The van der Waals surface area contributed by atoms with Crippen molar-refractivity contribution in [3.8, 4) is 5.75 Å². The Morgan fingerprint density at radius 2 is 2.16 bits per heavy atom. The van der Waals surface area contributed by atoms with E-state index in [2.05, 4.69) is 31.4 Å². The number of nitrogens with zero attached hydrogens (tertiary/aromatic N) is 2. The number of phenolic OH excluding ortho intramolecular Hbond substituents is 1. The number of carbonyl (C=O) groups is 1. The number of amides is 1. The highest BCUT2D eigenvalue weighted by Crippen LogP contribution is 2.27. The molecule has 1 heterocycles. The summed E-state index contributed by atoms with van der Waals surface area (Å²) in [7, 11) is 0. The van der Waals surface area contributed by atoms with Gasteiger partial charge in [-0.1, -0.05) is 17.2 Å². The van der Waals surface area contributed by atoms with Crippen LogP contribution >= 0.6 is 15.9 Å². The van der Waals surface area contributed by atoms with Crippen LogP contribution in [0.25, 0.3) is 0 Å². The third-order valence-corrected chi connectivity index (χ3v) is 2.99. The SMILES string of the molecule is O=C(Nc1ccccc1O)c1n[nH]c([N+](=O)[O-])c1Br. The summed E-state index contributed by atoms with van der Waals surface area (Å²) in [5.74, 6) is -1.21. The van der Waals surface area contributed by atoms with E-state index in [0.29, 0.717) is 0 Å². The highest BCUT2D eigenvalue weighted by atomic mass is 79.9. The zero-order valence-corrected chi connectivity index (χ0v) is 10.8. The molecule has 2 aromatic rings. The summed E-state index contributed by atoms with van der Waals surface area (Å²) in [4.78, 5) is 21.8. The molecule has 2 rings (SSSR count). The molecule has 0 spiro atoms. The smallest absolute Gasteiger partial charge is 0.357 e. The normalized spacial score (nSPS) is 10.2. The van der Waals surface area contributed by atoms with Crippen LogP contribution in [0.5, 0.6) is 5.75 Å². The number of aromatic hydroxyl groups is 1. The molecule has 0 fully saturated rings. The Labute approximate surface area is 114 Å². The van der Waals surface area contributed by atoms with Crippen molar-refractivity contribution < 1.29 is 14.8 Å². The van der Waals surface area contributed by atoms with E-state index in [4.69, 9.17) is 0 Å². The summed E-state index contributed by atoms with van der Waals surface area (Å²) in [6, 6.07) is 6.11. The predicted molar refractivity (Wildman–Crippen MR) is 69.0 cm³/mol. The molecule has 3 N–H and O–H groups in total. The fraction of sp³-hybridized carbons (Fsp3) is 0. The van der Waals surface area contributed by atoms with Gasteiger partial charge < -0.3 is 20.5 Å². The maximum absolute atomic E-state index is 11.9. The van der Waals surface area contributed by atoms with E-state index in [9.17, 15) is 20.0 Å². The number of carbonyl (C=O) groups excluding carboxylic acids is 1. The third-order valence-electron chi connectivity index (χ3n) is 2.24. The molecule has 0 saturated heterocycles. The van der Waals surface area contributed by atoms with Crippen LogP contribution in [0.15, 0.2) is 28.7 Å². The van der Waals surface area contributed by atoms with Gasteiger partial charge in [-0.05, 0) is 33.0 Å². The molecule has 0 aliphatic heterocycles. The molecule has 8 nitrogen and oxygen atoms in total. The molecule has 98 valence electrons. The van der Waals surface area contributed by atoms with Crippen molar-refractivity contribution in [1.29, 1.82) is 0 Å². The highest BCUT2D eigenvalue weighted by molar-refractivity contribution is 9.10. The number of hydrogen-bond donors (Lipinski definition) is 3. The number of nitro groups is 1. The molecule has 1 aromatic carbocycles. The van der Waals surface area contributed by atoms with Gasteiger partial charge in [-0.3, -0.25) is 4.79 Å². The van der Waals surface area contributed by atoms with Crippen LogP contribution in [0.4, 0.5) is 11.5 Å². The Bertz CT molecular complexity index is 655. The van der Waals surface area contributed by atoms with Crippen LogP contribution in [0.2, 0.25) is 0 Å². The summed E-state index contributed by atoms with van der Waals surface area (Å²) < 4.78 is -0.0505. The lowest BCUT2D eigenvalue weighted by atomic mass is 10.3. The Morgan fingerprint density at radius 3 is 2.74 bits per heavy atom. The number of rotatable bonds is 3. The van der Waals surface area contributed by atoms with Gasteiger partial charge in [0.2, 0.25) is 0 Å². The zero-order chi connectivity index (χ0) is 14.0. The van der Waals surface area contributed by atoms with Crippen LogP contribution < -0.4 is 5.32 Å². The molecule has 0 aliphatic carbocycles. The van der Waals surface area contributed by atoms with E-state index < -0.39 is 16.6 Å². The minimum atomic E-state index is -0.701. The van der Waals surface area contributed by atoms with Crippen molar-refractivity contribution >= 4 is 33.3 Å². The number of H-pyrrole nitrogens is 1. The quantitative estimate of drug-likeness (QED) is 0.452. The number of aromatic amines is 1. The van der Waals surface area contributed by atoms with Crippen LogP contribution in [0.1, 0.15) is 10.5 Å². The van der Waals surface area contributed by atoms with Gasteiger partial charge in [0.05, 0.1) is 5.69 Å². The standard InChI is InChI=1S/C10H7BrN4O4/c11-7-8(13-14-9(7)15(18)19)10(17)12-5-3-1-2-4-6(5)16/h1-4,16H,(H,12,17)(H,13,14). The van der Waals surface area contributed by atoms with E-state index in [1.54, 1.807) is 12.1 Å². The number of benzene rings is 1. The van der Waals surface area contributed by atoms with Gasteiger partial charge in [0.15, 0.2) is 5.69 Å². The van der Waals surface area contributed by atoms with Gasteiger partial charge >= 0.3 is 5.82 Å². The molecule has 1 amide bonds. The van der Waals surface area contributed by atoms with E-state index in [0.717, 1.165) is 0 Å². The first kappa shape index (κ1) is 13.0. The molecule has 0 aliphatic rings. The van der Waals surface area contributed by atoms with Gasteiger partial charge in [-0.25, -0.2) is 0 Å². The molecule has 1 aromatic heterocycles. The summed E-state index contributed by atoms with van der Waals surface area (Å²) in [6.45, 7) is 0. The first-order valence-corrected chi connectivity index (χ1v) is 5.77. The second-order valence-electron chi connectivity index (χ2n) is 3.46. The molecule has 0 atom stereocenters. The second kappa shape index (κ2) is 5.06.